The van der Waals surface area contributed by atoms with E-state index in [-0.39, 0.29) is 18.1 Å². The molecule has 5 nitrogen and oxygen atoms in total. The number of amides is 1. The van der Waals surface area contributed by atoms with E-state index in [2.05, 4.69) is 0 Å². The van der Waals surface area contributed by atoms with Crippen molar-refractivity contribution in [2.75, 3.05) is 20.3 Å². The highest BCUT2D eigenvalue weighted by Gasteiger charge is 2.38. The minimum Gasteiger partial charge on any atom is -0.497 e. The van der Waals surface area contributed by atoms with Crippen molar-refractivity contribution < 1.29 is 18.7 Å². The third-order valence-corrected chi connectivity index (χ3v) is 5.33. The Balaban J connectivity index is 1.68. The first-order valence-corrected chi connectivity index (χ1v) is 8.69. The molecule has 1 aliphatic heterocycles. The number of aryl methyl sites for hydroxylation is 1. The highest BCUT2D eigenvalue weighted by molar-refractivity contribution is 5.99. The summed E-state index contributed by atoms with van der Waals surface area (Å²) in [5.41, 5.74) is 1.60. The summed E-state index contributed by atoms with van der Waals surface area (Å²) in [5.74, 6) is 1.17. The van der Waals surface area contributed by atoms with Crippen LogP contribution in [0.1, 0.15) is 41.8 Å². The molecule has 128 valence electrons. The van der Waals surface area contributed by atoms with Gasteiger partial charge in [-0.3, -0.25) is 4.79 Å². The molecular weight excluding hydrogens is 306 g/mol. The number of hydrogen-bond donors (Lipinski definition) is 0. The summed E-state index contributed by atoms with van der Waals surface area (Å²) < 4.78 is 17.0. The van der Waals surface area contributed by atoms with Crippen LogP contribution in [0.2, 0.25) is 0 Å². The second kappa shape index (κ2) is 6.13. The zero-order valence-corrected chi connectivity index (χ0v) is 14.2. The topological polar surface area (TPSA) is 51.9 Å². The Hall–Kier alpha value is -2.01. The third kappa shape index (κ3) is 2.47. The fourth-order valence-corrected chi connectivity index (χ4v) is 4.02. The summed E-state index contributed by atoms with van der Waals surface area (Å²) in [6, 6.07) is 5.86. The molecule has 2 heterocycles. The predicted octanol–water partition coefficient (Wildman–Crippen LogP) is 3.53. The molecule has 0 N–H and O–H groups in total. The summed E-state index contributed by atoms with van der Waals surface area (Å²) in [5, 5.41) is 0.965. The molecule has 1 saturated carbocycles. The normalized spacial score (nSPS) is 24.0. The SMILES string of the molecule is COc1ccc2c(C)c(C(=O)N3CCOC4CCCCC43)oc2c1. The largest absolute Gasteiger partial charge is 0.497 e. The molecule has 0 bridgehead atoms. The maximum atomic E-state index is 13.1. The molecule has 24 heavy (non-hydrogen) atoms. The molecule has 1 amide bonds. The fourth-order valence-electron chi connectivity index (χ4n) is 4.02. The Bertz CT molecular complexity index is 764. The van der Waals surface area contributed by atoms with Crippen molar-refractivity contribution in [1.29, 1.82) is 0 Å². The van der Waals surface area contributed by atoms with E-state index in [0.29, 0.717) is 24.5 Å². The summed E-state index contributed by atoms with van der Waals surface area (Å²) in [7, 11) is 1.62. The molecule has 2 fully saturated rings. The van der Waals surface area contributed by atoms with Gasteiger partial charge in [-0.05, 0) is 31.9 Å². The van der Waals surface area contributed by atoms with Gasteiger partial charge in [-0.2, -0.15) is 0 Å². The number of morpholine rings is 1. The van der Waals surface area contributed by atoms with Crippen molar-refractivity contribution in [3.8, 4) is 5.75 Å². The summed E-state index contributed by atoms with van der Waals surface area (Å²) >= 11 is 0. The van der Waals surface area contributed by atoms with E-state index in [1.807, 2.05) is 30.0 Å². The molecule has 4 rings (SSSR count). The van der Waals surface area contributed by atoms with Crippen LogP contribution >= 0.6 is 0 Å². The number of rotatable bonds is 2. The van der Waals surface area contributed by atoms with E-state index in [1.165, 1.54) is 6.42 Å². The minimum atomic E-state index is -0.0112. The van der Waals surface area contributed by atoms with Crippen LogP contribution in [0.15, 0.2) is 22.6 Å². The molecule has 5 heteroatoms. The quantitative estimate of drug-likeness (QED) is 0.846. The number of carbonyl (C=O) groups excluding carboxylic acids is 1. The number of carbonyl (C=O) groups is 1. The van der Waals surface area contributed by atoms with E-state index >= 15 is 0 Å². The van der Waals surface area contributed by atoms with Crippen LogP contribution in [0.25, 0.3) is 11.0 Å². The summed E-state index contributed by atoms with van der Waals surface area (Å²) in [6.45, 7) is 3.20. The van der Waals surface area contributed by atoms with Gasteiger partial charge < -0.3 is 18.8 Å². The van der Waals surface area contributed by atoms with Crippen molar-refractivity contribution in [2.45, 2.75) is 44.8 Å². The lowest BCUT2D eigenvalue weighted by Gasteiger charge is -2.43. The van der Waals surface area contributed by atoms with Crippen LogP contribution < -0.4 is 4.74 Å². The zero-order chi connectivity index (χ0) is 16.7. The van der Waals surface area contributed by atoms with Gasteiger partial charge in [0.05, 0.1) is 25.9 Å². The zero-order valence-electron chi connectivity index (χ0n) is 14.2. The number of hydrogen-bond acceptors (Lipinski definition) is 4. The Morgan fingerprint density at radius 3 is 2.96 bits per heavy atom. The molecule has 1 saturated heterocycles. The maximum absolute atomic E-state index is 13.1. The molecular formula is C19H23NO4. The fraction of sp³-hybridized carbons (Fsp3) is 0.526. The molecule has 1 aromatic heterocycles. The number of fused-ring (bicyclic) bond motifs is 2. The predicted molar refractivity (Wildman–Crippen MR) is 90.5 cm³/mol. The highest BCUT2D eigenvalue weighted by Crippen LogP contribution is 2.33. The number of benzene rings is 1. The molecule has 0 radical (unpaired) electrons. The number of methoxy groups -OCH3 is 1. The number of furan rings is 1. The van der Waals surface area contributed by atoms with Gasteiger partial charge in [-0.1, -0.05) is 12.8 Å². The lowest BCUT2D eigenvalue weighted by molar-refractivity contribution is -0.0759. The van der Waals surface area contributed by atoms with Gasteiger partial charge in [0.1, 0.15) is 11.3 Å². The van der Waals surface area contributed by atoms with Gasteiger partial charge in [-0.15, -0.1) is 0 Å². The van der Waals surface area contributed by atoms with Crippen LogP contribution in [-0.4, -0.2) is 43.2 Å². The van der Waals surface area contributed by atoms with E-state index in [1.54, 1.807) is 7.11 Å². The Morgan fingerprint density at radius 1 is 1.29 bits per heavy atom. The number of nitrogens with zero attached hydrogens (tertiary/aromatic N) is 1. The van der Waals surface area contributed by atoms with E-state index in [4.69, 9.17) is 13.9 Å². The van der Waals surface area contributed by atoms with Gasteiger partial charge in [0.25, 0.3) is 5.91 Å². The third-order valence-electron chi connectivity index (χ3n) is 5.33. The maximum Gasteiger partial charge on any atom is 0.290 e. The van der Waals surface area contributed by atoms with Crippen LogP contribution in [0.5, 0.6) is 5.75 Å². The van der Waals surface area contributed by atoms with Crippen LogP contribution in [0, 0.1) is 6.92 Å². The molecule has 2 unspecified atom stereocenters. The second-order valence-corrected chi connectivity index (χ2v) is 6.68. The standard InChI is InChI=1S/C19H23NO4/c1-12-14-8-7-13(22-2)11-17(14)24-18(12)19(21)20-9-10-23-16-6-4-3-5-15(16)20/h7-8,11,15-16H,3-6,9-10H2,1-2H3. The molecule has 1 aliphatic carbocycles. The first-order valence-electron chi connectivity index (χ1n) is 8.69. The van der Waals surface area contributed by atoms with Crippen molar-refractivity contribution >= 4 is 16.9 Å². The molecule has 2 aliphatic rings. The first kappa shape index (κ1) is 15.5. The average Bonchev–Trinajstić information content (AvgIpc) is 2.96. The van der Waals surface area contributed by atoms with Crippen LogP contribution in [0.4, 0.5) is 0 Å². The van der Waals surface area contributed by atoms with Crippen LogP contribution in [0.3, 0.4) is 0 Å². The lowest BCUT2D eigenvalue weighted by atomic mass is 9.90. The smallest absolute Gasteiger partial charge is 0.290 e. The van der Waals surface area contributed by atoms with Gasteiger partial charge in [0.15, 0.2) is 5.76 Å². The van der Waals surface area contributed by atoms with Crippen LogP contribution in [-0.2, 0) is 4.74 Å². The van der Waals surface area contributed by atoms with Gasteiger partial charge in [0, 0.05) is 23.6 Å². The van der Waals surface area contributed by atoms with Gasteiger partial charge in [-0.25, -0.2) is 0 Å². The summed E-state index contributed by atoms with van der Waals surface area (Å²) in [4.78, 5) is 15.1. The number of ether oxygens (including phenoxy) is 2. The lowest BCUT2D eigenvalue weighted by Crippen LogP contribution is -2.54. The monoisotopic (exact) mass is 329 g/mol. The van der Waals surface area contributed by atoms with Crippen molar-refractivity contribution in [3.05, 3.63) is 29.5 Å². The Kier molecular flexibility index (Phi) is 3.96. The van der Waals surface area contributed by atoms with E-state index < -0.39 is 0 Å². The molecule has 0 spiro atoms. The Labute approximate surface area is 141 Å². The molecule has 2 atom stereocenters. The molecule has 1 aromatic carbocycles. The molecule has 2 aromatic rings. The first-order chi connectivity index (χ1) is 11.7. The van der Waals surface area contributed by atoms with E-state index in [0.717, 1.165) is 36.0 Å². The van der Waals surface area contributed by atoms with Crippen molar-refractivity contribution in [2.24, 2.45) is 0 Å². The van der Waals surface area contributed by atoms with Gasteiger partial charge >= 0.3 is 0 Å². The highest BCUT2D eigenvalue weighted by atomic mass is 16.5. The van der Waals surface area contributed by atoms with Crippen molar-refractivity contribution in [3.63, 3.8) is 0 Å². The second-order valence-electron chi connectivity index (χ2n) is 6.68. The minimum absolute atomic E-state index is 0.0112. The summed E-state index contributed by atoms with van der Waals surface area (Å²) in [6.07, 6.45) is 4.59. The van der Waals surface area contributed by atoms with Crippen molar-refractivity contribution in [1.82, 2.24) is 4.90 Å². The Morgan fingerprint density at radius 2 is 2.12 bits per heavy atom. The van der Waals surface area contributed by atoms with E-state index in [9.17, 15) is 4.79 Å². The average molecular weight is 329 g/mol. The van der Waals surface area contributed by atoms with Gasteiger partial charge in [0.2, 0.25) is 0 Å².